The summed E-state index contributed by atoms with van der Waals surface area (Å²) in [6.45, 7) is 4.22. The number of benzene rings is 2. The van der Waals surface area contributed by atoms with E-state index in [2.05, 4.69) is 23.1 Å². The fourth-order valence-electron chi connectivity index (χ4n) is 3.56. The molecule has 2 aliphatic rings. The summed E-state index contributed by atoms with van der Waals surface area (Å²) in [7, 11) is 0. The first-order valence-electron chi connectivity index (χ1n) is 9.22. The van der Waals surface area contributed by atoms with Crippen LogP contribution in [0.2, 0.25) is 0 Å². The van der Waals surface area contributed by atoms with E-state index in [1.165, 1.54) is 5.69 Å². The first-order valence-corrected chi connectivity index (χ1v) is 9.22. The summed E-state index contributed by atoms with van der Waals surface area (Å²) in [6, 6.07) is 14.0. The van der Waals surface area contributed by atoms with Crippen molar-refractivity contribution < 1.29 is 24.1 Å². The third-order valence-corrected chi connectivity index (χ3v) is 4.98. The van der Waals surface area contributed by atoms with Gasteiger partial charge in [-0.2, -0.15) is 0 Å². The molecule has 1 atom stereocenters. The zero-order valence-corrected chi connectivity index (χ0v) is 15.1. The summed E-state index contributed by atoms with van der Waals surface area (Å²) < 4.78 is 17.0. The number of ether oxygens (including phenoxy) is 3. The molecule has 1 saturated heterocycles. The van der Waals surface area contributed by atoms with Crippen LogP contribution in [0.15, 0.2) is 42.5 Å². The molecule has 0 aliphatic carbocycles. The van der Waals surface area contributed by atoms with Crippen LogP contribution in [0.25, 0.3) is 0 Å². The molecule has 2 heterocycles. The van der Waals surface area contributed by atoms with Gasteiger partial charge in [-0.25, -0.2) is 0 Å². The number of carboxylic acids is 1. The maximum atomic E-state index is 10.9. The van der Waals surface area contributed by atoms with Gasteiger partial charge in [-0.1, -0.05) is 18.2 Å². The summed E-state index contributed by atoms with van der Waals surface area (Å²) in [5.74, 6) is 0.552. The predicted molar refractivity (Wildman–Crippen MR) is 101 cm³/mol. The van der Waals surface area contributed by atoms with Gasteiger partial charge in [-0.15, -0.1) is 0 Å². The molecule has 2 aliphatic heterocycles. The summed E-state index contributed by atoms with van der Waals surface area (Å²) >= 11 is 0. The zero-order valence-electron chi connectivity index (χ0n) is 15.1. The van der Waals surface area contributed by atoms with E-state index >= 15 is 0 Å². The number of hydrogen-bond acceptors (Lipinski definition) is 5. The number of rotatable bonds is 6. The average molecular weight is 369 g/mol. The van der Waals surface area contributed by atoms with Crippen LogP contribution in [-0.4, -0.2) is 44.0 Å². The second-order valence-electron chi connectivity index (χ2n) is 6.86. The Bertz CT molecular complexity index is 816. The van der Waals surface area contributed by atoms with E-state index < -0.39 is 5.97 Å². The van der Waals surface area contributed by atoms with Gasteiger partial charge in [0.05, 0.1) is 26.2 Å². The van der Waals surface area contributed by atoms with Crippen LogP contribution in [-0.2, 0) is 16.1 Å². The van der Waals surface area contributed by atoms with Gasteiger partial charge in [0.2, 0.25) is 0 Å². The molecule has 0 bridgehead atoms. The standard InChI is InChI=1S/C21H23NO5/c23-21(24)11-16-14-27-20-12-18(4-5-19(16)20)26-13-15-2-1-3-17(10-15)22-6-8-25-9-7-22/h1-5,10,12,16H,6-9,11,13-14H2,(H,23,24). The van der Waals surface area contributed by atoms with Crippen LogP contribution in [0.4, 0.5) is 5.69 Å². The van der Waals surface area contributed by atoms with Crippen molar-refractivity contribution in [2.45, 2.75) is 18.9 Å². The number of hydrogen-bond donors (Lipinski definition) is 1. The zero-order chi connectivity index (χ0) is 18.6. The molecule has 0 spiro atoms. The van der Waals surface area contributed by atoms with Crippen molar-refractivity contribution in [3.05, 3.63) is 53.6 Å². The highest BCUT2D eigenvalue weighted by Crippen LogP contribution is 2.38. The summed E-state index contributed by atoms with van der Waals surface area (Å²) in [6.07, 6.45) is 0.0849. The van der Waals surface area contributed by atoms with Crippen LogP contribution in [0.3, 0.4) is 0 Å². The summed E-state index contributed by atoms with van der Waals surface area (Å²) in [5.41, 5.74) is 3.23. The molecule has 27 heavy (non-hydrogen) atoms. The molecule has 142 valence electrons. The lowest BCUT2D eigenvalue weighted by Crippen LogP contribution is -2.36. The van der Waals surface area contributed by atoms with Crippen molar-refractivity contribution in [3.8, 4) is 11.5 Å². The van der Waals surface area contributed by atoms with E-state index in [4.69, 9.17) is 19.3 Å². The molecule has 0 radical (unpaired) electrons. The highest BCUT2D eigenvalue weighted by atomic mass is 16.5. The van der Waals surface area contributed by atoms with Gasteiger partial charge < -0.3 is 24.2 Å². The Labute approximate surface area is 158 Å². The third kappa shape index (κ3) is 4.17. The first-order chi connectivity index (χ1) is 13.2. The molecule has 2 aromatic rings. The average Bonchev–Trinajstić information content (AvgIpc) is 3.09. The van der Waals surface area contributed by atoms with Gasteiger partial charge in [0.25, 0.3) is 0 Å². The van der Waals surface area contributed by atoms with E-state index in [-0.39, 0.29) is 12.3 Å². The number of aliphatic carboxylic acids is 1. The second kappa shape index (κ2) is 7.88. The van der Waals surface area contributed by atoms with Crippen molar-refractivity contribution in [2.75, 3.05) is 37.8 Å². The number of morpholine rings is 1. The highest BCUT2D eigenvalue weighted by Gasteiger charge is 2.26. The molecule has 0 aromatic heterocycles. The molecular formula is C21H23NO5. The van der Waals surface area contributed by atoms with Gasteiger partial charge in [-0.3, -0.25) is 4.79 Å². The first kappa shape index (κ1) is 17.7. The largest absolute Gasteiger partial charge is 0.492 e. The van der Waals surface area contributed by atoms with Gasteiger partial charge in [0, 0.05) is 36.3 Å². The number of fused-ring (bicyclic) bond motifs is 1. The fourth-order valence-corrected chi connectivity index (χ4v) is 3.56. The Morgan fingerprint density at radius 2 is 2.04 bits per heavy atom. The Morgan fingerprint density at radius 1 is 1.19 bits per heavy atom. The molecule has 0 amide bonds. The van der Waals surface area contributed by atoms with E-state index in [0.717, 1.165) is 48.9 Å². The van der Waals surface area contributed by atoms with Crippen molar-refractivity contribution in [1.82, 2.24) is 0 Å². The minimum absolute atomic E-state index is 0.0849. The second-order valence-corrected chi connectivity index (χ2v) is 6.86. The SMILES string of the molecule is O=C(O)CC1COc2cc(OCc3cccc(N4CCOCC4)c3)ccc21. The van der Waals surface area contributed by atoms with Gasteiger partial charge in [0.1, 0.15) is 18.1 Å². The van der Waals surface area contributed by atoms with Crippen molar-refractivity contribution in [1.29, 1.82) is 0 Å². The Balaban J connectivity index is 1.40. The third-order valence-electron chi connectivity index (χ3n) is 4.98. The molecule has 4 rings (SSSR count). The number of nitrogens with zero attached hydrogens (tertiary/aromatic N) is 1. The highest BCUT2D eigenvalue weighted by molar-refractivity contribution is 5.68. The molecule has 6 heteroatoms. The number of carboxylic acid groups (broad SMARTS) is 1. The fraction of sp³-hybridized carbons (Fsp3) is 0.381. The lowest BCUT2D eigenvalue weighted by atomic mass is 9.98. The number of anilines is 1. The molecule has 6 nitrogen and oxygen atoms in total. The maximum Gasteiger partial charge on any atom is 0.304 e. The maximum absolute atomic E-state index is 10.9. The summed E-state index contributed by atoms with van der Waals surface area (Å²) in [4.78, 5) is 13.3. The van der Waals surface area contributed by atoms with Crippen LogP contribution in [0, 0.1) is 0 Å². The van der Waals surface area contributed by atoms with Crippen molar-refractivity contribution in [2.24, 2.45) is 0 Å². The van der Waals surface area contributed by atoms with Crippen LogP contribution in [0.5, 0.6) is 11.5 Å². The van der Waals surface area contributed by atoms with E-state index in [1.54, 1.807) is 0 Å². The smallest absolute Gasteiger partial charge is 0.304 e. The topological polar surface area (TPSA) is 68.2 Å². The Hall–Kier alpha value is -2.73. The van der Waals surface area contributed by atoms with Gasteiger partial charge in [0.15, 0.2) is 0 Å². The molecule has 1 unspecified atom stereocenters. The van der Waals surface area contributed by atoms with Gasteiger partial charge in [-0.05, 0) is 23.8 Å². The molecule has 0 saturated carbocycles. The van der Waals surface area contributed by atoms with Crippen LogP contribution < -0.4 is 14.4 Å². The Kier molecular flexibility index (Phi) is 5.16. The normalized spacial score (nSPS) is 18.7. The van der Waals surface area contributed by atoms with Crippen LogP contribution in [0.1, 0.15) is 23.5 Å². The molecular weight excluding hydrogens is 346 g/mol. The van der Waals surface area contributed by atoms with E-state index in [0.29, 0.717) is 13.2 Å². The quantitative estimate of drug-likeness (QED) is 0.844. The Morgan fingerprint density at radius 3 is 2.85 bits per heavy atom. The van der Waals surface area contributed by atoms with Crippen molar-refractivity contribution >= 4 is 11.7 Å². The molecule has 1 fully saturated rings. The number of carbonyl (C=O) groups is 1. The predicted octanol–water partition coefficient (Wildman–Crippen LogP) is 3.05. The molecule has 2 aromatic carbocycles. The van der Waals surface area contributed by atoms with E-state index in [9.17, 15) is 4.79 Å². The molecule has 1 N–H and O–H groups in total. The summed E-state index contributed by atoms with van der Waals surface area (Å²) in [5, 5.41) is 8.99. The minimum Gasteiger partial charge on any atom is -0.492 e. The minimum atomic E-state index is -0.808. The lowest BCUT2D eigenvalue weighted by molar-refractivity contribution is -0.137. The van der Waals surface area contributed by atoms with E-state index in [1.807, 2.05) is 24.3 Å². The monoisotopic (exact) mass is 369 g/mol. The lowest BCUT2D eigenvalue weighted by Gasteiger charge is -2.29. The van der Waals surface area contributed by atoms with Crippen LogP contribution >= 0.6 is 0 Å². The van der Waals surface area contributed by atoms with Crippen molar-refractivity contribution in [3.63, 3.8) is 0 Å². The van der Waals surface area contributed by atoms with Gasteiger partial charge >= 0.3 is 5.97 Å².